The summed E-state index contributed by atoms with van der Waals surface area (Å²) in [6, 6.07) is 10.3. The fraction of sp³-hybridized carbons (Fsp3) is 0.304. The Balaban J connectivity index is 1.28. The van der Waals surface area contributed by atoms with Crippen molar-refractivity contribution in [1.82, 2.24) is 15.1 Å². The van der Waals surface area contributed by atoms with E-state index >= 15 is 0 Å². The van der Waals surface area contributed by atoms with E-state index in [0.29, 0.717) is 40.2 Å². The maximum Gasteiger partial charge on any atom is 0.322 e. The summed E-state index contributed by atoms with van der Waals surface area (Å²) in [5.41, 5.74) is 2.19. The van der Waals surface area contributed by atoms with Gasteiger partial charge in [0.15, 0.2) is 11.5 Å². The van der Waals surface area contributed by atoms with Crippen LogP contribution in [0.4, 0.5) is 16.2 Å². The number of carbonyl (C=O) groups is 2. The second kappa shape index (κ2) is 9.18. The van der Waals surface area contributed by atoms with Crippen molar-refractivity contribution >= 4 is 34.6 Å². The van der Waals surface area contributed by atoms with Crippen LogP contribution in [-0.4, -0.2) is 47.5 Å². The first-order chi connectivity index (χ1) is 16.5. The second-order valence-electron chi connectivity index (χ2n) is 7.95. The molecule has 2 aliphatic heterocycles. The molecule has 2 aliphatic rings. The summed E-state index contributed by atoms with van der Waals surface area (Å²) in [6.45, 7) is 2.70. The van der Waals surface area contributed by atoms with E-state index in [1.807, 2.05) is 25.1 Å². The summed E-state index contributed by atoms with van der Waals surface area (Å²) in [6.07, 6.45) is 1.58. The molecule has 2 aromatic carbocycles. The van der Waals surface area contributed by atoms with Crippen LogP contribution < -0.4 is 24.8 Å². The number of methoxy groups -OCH3 is 1. The monoisotopic (exact) mass is 481 g/mol. The number of hydrogen-bond acceptors (Lipinski definition) is 8. The molecular formula is C23H23N5O5S. The van der Waals surface area contributed by atoms with Gasteiger partial charge >= 0.3 is 6.03 Å². The highest BCUT2D eigenvalue weighted by molar-refractivity contribution is 7.13. The number of hydrogen-bond donors (Lipinski definition) is 2. The van der Waals surface area contributed by atoms with E-state index in [1.54, 1.807) is 30.2 Å². The number of ether oxygens (including phenoxy) is 3. The van der Waals surface area contributed by atoms with Crippen LogP contribution in [0.25, 0.3) is 0 Å². The van der Waals surface area contributed by atoms with Gasteiger partial charge in [-0.2, -0.15) is 0 Å². The molecule has 0 spiro atoms. The molecule has 1 fully saturated rings. The Morgan fingerprint density at radius 1 is 1.12 bits per heavy atom. The number of urea groups is 1. The van der Waals surface area contributed by atoms with E-state index in [4.69, 9.17) is 14.2 Å². The Bertz CT molecular complexity index is 1250. The number of benzene rings is 2. The minimum atomic E-state index is -0.374. The van der Waals surface area contributed by atoms with Crippen LogP contribution in [0.3, 0.4) is 0 Å². The lowest BCUT2D eigenvalue weighted by atomic mass is 10.2. The molecule has 10 nitrogen and oxygen atoms in total. The number of anilines is 2. The van der Waals surface area contributed by atoms with Crippen LogP contribution in [0, 0.1) is 6.92 Å². The Morgan fingerprint density at radius 3 is 2.82 bits per heavy atom. The summed E-state index contributed by atoms with van der Waals surface area (Å²) < 4.78 is 16.0. The molecule has 0 radical (unpaired) electrons. The largest absolute Gasteiger partial charge is 0.495 e. The molecule has 3 heterocycles. The van der Waals surface area contributed by atoms with Crippen molar-refractivity contribution in [3.63, 3.8) is 0 Å². The number of nitrogens with zero attached hydrogens (tertiary/aromatic N) is 3. The fourth-order valence-electron chi connectivity index (χ4n) is 3.99. The van der Waals surface area contributed by atoms with Gasteiger partial charge < -0.3 is 29.7 Å². The number of likely N-dealkylation sites (tertiary alicyclic amines) is 1. The van der Waals surface area contributed by atoms with Crippen molar-refractivity contribution < 1.29 is 23.8 Å². The minimum absolute atomic E-state index is 0.161. The summed E-state index contributed by atoms with van der Waals surface area (Å²) >= 11 is 1.18. The predicted octanol–water partition coefficient (Wildman–Crippen LogP) is 4.21. The lowest BCUT2D eigenvalue weighted by Gasteiger charge is -2.23. The molecule has 176 valence electrons. The summed E-state index contributed by atoms with van der Waals surface area (Å²) in [4.78, 5) is 27.5. The summed E-state index contributed by atoms with van der Waals surface area (Å²) in [7, 11) is 1.57. The summed E-state index contributed by atoms with van der Waals surface area (Å²) in [5.74, 6) is 1.43. The highest BCUT2D eigenvalue weighted by Crippen LogP contribution is 2.36. The van der Waals surface area contributed by atoms with E-state index in [-0.39, 0.29) is 29.8 Å². The molecule has 1 atom stereocenters. The SMILES string of the molecule is COc1ccc(C)cc1NC(=O)N1CCC[C@@H]1c1nnc(C(=O)Nc2ccc3c(c2)OCO3)s1. The van der Waals surface area contributed by atoms with Gasteiger partial charge in [-0.25, -0.2) is 4.79 Å². The number of carbonyl (C=O) groups excluding carboxylic acids is 2. The lowest BCUT2D eigenvalue weighted by molar-refractivity contribution is 0.102. The van der Waals surface area contributed by atoms with E-state index in [9.17, 15) is 9.59 Å². The topological polar surface area (TPSA) is 115 Å². The van der Waals surface area contributed by atoms with Crippen molar-refractivity contribution in [2.24, 2.45) is 0 Å². The van der Waals surface area contributed by atoms with Gasteiger partial charge in [0.2, 0.25) is 11.8 Å². The summed E-state index contributed by atoms with van der Waals surface area (Å²) in [5, 5.41) is 14.9. The minimum Gasteiger partial charge on any atom is -0.495 e. The van der Waals surface area contributed by atoms with Crippen LogP contribution in [0.5, 0.6) is 17.2 Å². The maximum absolute atomic E-state index is 13.1. The van der Waals surface area contributed by atoms with Crippen LogP contribution in [0.15, 0.2) is 36.4 Å². The van der Waals surface area contributed by atoms with E-state index in [1.165, 1.54) is 11.3 Å². The Kier molecular flexibility index (Phi) is 5.93. The molecule has 5 rings (SSSR count). The van der Waals surface area contributed by atoms with Crippen LogP contribution in [0.2, 0.25) is 0 Å². The highest BCUT2D eigenvalue weighted by Gasteiger charge is 2.33. The third-order valence-corrected chi connectivity index (χ3v) is 6.68. The van der Waals surface area contributed by atoms with E-state index < -0.39 is 0 Å². The van der Waals surface area contributed by atoms with Crippen LogP contribution in [-0.2, 0) is 0 Å². The molecule has 11 heteroatoms. The average molecular weight is 482 g/mol. The number of aryl methyl sites for hydroxylation is 1. The first kappa shape index (κ1) is 22.0. The van der Waals surface area contributed by atoms with Gasteiger partial charge in [-0.05, 0) is 49.6 Å². The van der Waals surface area contributed by atoms with Gasteiger partial charge in [-0.15, -0.1) is 10.2 Å². The molecule has 3 amide bonds. The molecule has 0 bridgehead atoms. The molecule has 1 saturated heterocycles. The number of nitrogens with one attached hydrogen (secondary N) is 2. The van der Waals surface area contributed by atoms with Gasteiger partial charge in [-0.1, -0.05) is 17.4 Å². The quantitative estimate of drug-likeness (QED) is 0.561. The van der Waals surface area contributed by atoms with Gasteiger partial charge in [-0.3, -0.25) is 4.79 Å². The van der Waals surface area contributed by atoms with Crippen molar-refractivity contribution in [2.45, 2.75) is 25.8 Å². The zero-order valence-electron chi connectivity index (χ0n) is 18.7. The first-order valence-corrected chi connectivity index (χ1v) is 11.6. The van der Waals surface area contributed by atoms with E-state index in [0.717, 1.165) is 18.4 Å². The Hall–Kier alpha value is -3.86. The smallest absolute Gasteiger partial charge is 0.322 e. The predicted molar refractivity (Wildman–Crippen MR) is 126 cm³/mol. The molecule has 0 aliphatic carbocycles. The molecule has 3 aromatic rings. The molecule has 0 unspecified atom stereocenters. The van der Waals surface area contributed by atoms with Gasteiger partial charge in [0.05, 0.1) is 18.8 Å². The molecule has 1 aromatic heterocycles. The van der Waals surface area contributed by atoms with Crippen molar-refractivity contribution in [3.8, 4) is 17.2 Å². The van der Waals surface area contributed by atoms with Crippen molar-refractivity contribution in [1.29, 1.82) is 0 Å². The molecular weight excluding hydrogens is 458 g/mol. The standard InChI is InChI=1S/C23H23N5O5S/c1-13-5-7-17(31-2)15(10-13)25-23(30)28-9-3-4-16(28)21-26-27-22(34-21)20(29)24-14-6-8-18-19(11-14)33-12-32-18/h5-8,10-11,16H,3-4,9,12H2,1-2H3,(H,24,29)(H,25,30)/t16-/m1/s1. The Labute approximate surface area is 199 Å². The lowest BCUT2D eigenvalue weighted by Crippen LogP contribution is -2.34. The van der Waals surface area contributed by atoms with Gasteiger partial charge in [0.1, 0.15) is 10.8 Å². The zero-order valence-corrected chi connectivity index (χ0v) is 19.5. The van der Waals surface area contributed by atoms with Crippen molar-refractivity contribution in [3.05, 3.63) is 52.0 Å². The normalized spacial score (nSPS) is 16.4. The molecule has 0 saturated carbocycles. The number of amides is 3. The average Bonchev–Trinajstić information content (AvgIpc) is 3.59. The van der Waals surface area contributed by atoms with Crippen LogP contribution >= 0.6 is 11.3 Å². The van der Waals surface area contributed by atoms with Gasteiger partial charge in [0.25, 0.3) is 5.91 Å². The molecule has 2 N–H and O–H groups in total. The van der Waals surface area contributed by atoms with Crippen molar-refractivity contribution in [2.75, 3.05) is 31.1 Å². The van der Waals surface area contributed by atoms with Crippen LogP contribution in [0.1, 0.15) is 39.3 Å². The molecule has 34 heavy (non-hydrogen) atoms. The highest BCUT2D eigenvalue weighted by atomic mass is 32.1. The maximum atomic E-state index is 13.1. The third kappa shape index (κ3) is 4.34. The number of aromatic nitrogens is 2. The second-order valence-corrected chi connectivity index (χ2v) is 8.96. The fourth-order valence-corrected chi connectivity index (χ4v) is 4.88. The van der Waals surface area contributed by atoms with E-state index in [2.05, 4.69) is 20.8 Å². The number of fused-ring (bicyclic) bond motifs is 1. The third-order valence-electron chi connectivity index (χ3n) is 5.66. The first-order valence-electron chi connectivity index (χ1n) is 10.8. The number of rotatable bonds is 5. The zero-order chi connectivity index (χ0) is 23.7. The van der Waals surface area contributed by atoms with Gasteiger partial charge in [0, 0.05) is 18.3 Å². The Morgan fingerprint density at radius 2 is 1.97 bits per heavy atom.